The third-order valence-electron chi connectivity index (χ3n) is 2.43. The lowest BCUT2D eigenvalue weighted by Crippen LogP contribution is -2.32. The number of aliphatic carboxylic acids is 1. The first-order valence-electron chi connectivity index (χ1n) is 5.23. The van der Waals surface area contributed by atoms with E-state index < -0.39 is 21.9 Å². The highest BCUT2D eigenvalue weighted by Crippen LogP contribution is 2.24. The van der Waals surface area contributed by atoms with Crippen molar-refractivity contribution in [3.05, 3.63) is 28.8 Å². The van der Waals surface area contributed by atoms with Gasteiger partial charge in [-0.25, -0.2) is 13.1 Å². The summed E-state index contributed by atoms with van der Waals surface area (Å²) in [6.45, 7) is 2.87. The predicted molar refractivity (Wildman–Crippen MR) is 68.2 cm³/mol. The molecule has 0 aliphatic rings. The monoisotopic (exact) mass is 291 g/mol. The van der Waals surface area contributed by atoms with Crippen LogP contribution in [0.1, 0.15) is 12.5 Å². The molecular formula is C11H14ClNO4S. The van der Waals surface area contributed by atoms with Gasteiger partial charge in [0.05, 0.1) is 10.9 Å². The van der Waals surface area contributed by atoms with E-state index in [0.717, 1.165) is 0 Å². The van der Waals surface area contributed by atoms with E-state index in [1.165, 1.54) is 13.0 Å². The highest BCUT2D eigenvalue weighted by Gasteiger charge is 2.22. The minimum absolute atomic E-state index is 0.00995. The van der Waals surface area contributed by atoms with E-state index in [1.807, 2.05) is 0 Å². The summed E-state index contributed by atoms with van der Waals surface area (Å²) in [4.78, 5) is 10.6. The molecule has 0 fully saturated rings. The van der Waals surface area contributed by atoms with Crippen molar-refractivity contribution in [3.8, 4) is 0 Å². The molecule has 0 amide bonds. The number of sulfonamides is 1. The number of nitrogens with one attached hydrogen (secondary N) is 1. The van der Waals surface area contributed by atoms with Crippen molar-refractivity contribution in [2.45, 2.75) is 18.7 Å². The normalized spacial score (nSPS) is 13.3. The number of benzene rings is 1. The average Bonchev–Trinajstić information content (AvgIpc) is 2.25. The van der Waals surface area contributed by atoms with Gasteiger partial charge in [0.1, 0.15) is 4.90 Å². The molecule has 0 aromatic heterocycles. The van der Waals surface area contributed by atoms with Gasteiger partial charge in [0.15, 0.2) is 0 Å². The van der Waals surface area contributed by atoms with E-state index in [1.54, 1.807) is 19.1 Å². The molecule has 0 aliphatic heterocycles. The molecule has 1 aromatic carbocycles. The van der Waals surface area contributed by atoms with Gasteiger partial charge in [0.2, 0.25) is 10.0 Å². The summed E-state index contributed by atoms with van der Waals surface area (Å²) in [5, 5.41) is 8.81. The molecule has 5 nitrogen and oxygen atoms in total. The van der Waals surface area contributed by atoms with Crippen LogP contribution in [0, 0.1) is 12.8 Å². The van der Waals surface area contributed by atoms with Crippen molar-refractivity contribution in [2.75, 3.05) is 6.54 Å². The van der Waals surface area contributed by atoms with Gasteiger partial charge in [0.25, 0.3) is 0 Å². The topological polar surface area (TPSA) is 83.5 Å². The van der Waals surface area contributed by atoms with Gasteiger partial charge in [-0.15, -0.1) is 0 Å². The van der Waals surface area contributed by atoms with Crippen LogP contribution in [0.15, 0.2) is 23.1 Å². The molecular weight excluding hydrogens is 278 g/mol. The Labute approximate surface area is 111 Å². The van der Waals surface area contributed by atoms with E-state index in [-0.39, 0.29) is 16.5 Å². The van der Waals surface area contributed by atoms with Crippen LogP contribution in [0.2, 0.25) is 5.02 Å². The number of rotatable bonds is 5. The van der Waals surface area contributed by atoms with Crippen molar-refractivity contribution in [1.82, 2.24) is 4.72 Å². The van der Waals surface area contributed by atoms with Crippen LogP contribution in [0.4, 0.5) is 0 Å². The fraction of sp³-hybridized carbons (Fsp3) is 0.364. The smallest absolute Gasteiger partial charge is 0.307 e. The Morgan fingerprint density at radius 3 is 2.61 bits per heavy atom. The van der Waals surface area contributed by atoms with E-state index in [9.17, 15) is 13.2 Å². The Balaban J connectivity index is 2.98. The fourth-order valence-electron chi connectivity index (χ4n) is 1.35. The maximum absolute atomic E-state index is 12.0. The highest BCUT2D eigenvalue weighted by atomic mass is 35.5. The number of carboxylic acid groups (broad SMARTS) is 1. The molecule has 18 heavy (non-hydrogen) atoms. The quantitative estimate of drug-likeness (QED) is 0.864. The van der Waals surface area contributed by atoms with Crippen LogP contribution < -0.4 is 4.72 Å². The van der Waals surface area contributed by atoms with Gasteiger partial charge in [-0.05, 0) is 18.6 Å². The van der Waals surface area contributed by atoms with Crippen LogP contribution in [-0.4, -0.2) is 26.0 Å². The molecule has 1 rings (SSSR count). The third-order valence-corrected chi connectivity index (χ3v) is 4.49. The molecule has 100 valence electrons. The average molecular weight is 292 g/mol. The maximum atomic E-state index is 12.0. The van der Waals surface area contributed by atoms with Crippen LogP contribution in [0.3, 0.4) is 0 Å². The third kappa shape index (κ3) is 3.44. The summed E-state index contributed by atoms with van der Waals surface area (Å²) in [7, 11) is -3.80. The molecule has 0 heterocycles. The molecule has 1 atom stereocenters. The maximum Gasteiger partial charge on any atom is 0.307 e. The molecule has 0 bridgehead atoms. The van der Waals surface area contributed by atoms with E-state index in [0.29, 0.717) is 5.56 Å². The number of carboxylic acids is 1. The van der Waals surface area contributed by atoms with Gasteiger partial charge in [-0.2, -0.15) is 0 Å². The SMILES string of the molecule is Cc1cccc(Cl)c1S(=O)(=O)NCC(C)C(=O)O. The zero-order chi connectivity index (χ0) is 13.9. The lowest BCUT2D eigenvalue weighted by atomic mass is 10.2. The molecule has 0 aliphatic carbocycles. The minimum atomic E-state index is -3.80. The lowest BCUT2D eigenvalue weighted by Gasteiger charge is -2.12. The van der Waals surface area contributed by atoms with Gasteiger partial charge in [-0.3, -0.25) is 4.79 Å². The molecule has 2 N–H and O–H groups in total. The van der Waals surface area contributed by atoms with Crippen LogP contribution >= 0.6 is 11.6 Å². The first kappa shape index (κ1) is 14.9. The first-order valence-corrected chi connectivity index (χ1v) is 7.09. The summed E-state index contributed by atoms with van der Waals surface area (Å²) in [5.41, 5.74) is 0.512. The number of hydrogen-bond acceptors (Lipinski definition) is 3. The molecule has 1 unspecified atom stereocenters. The van der Waals surface area contributed by atoms with Crippen molar-refractivity contribution >= 4 is 27.6 Å². The largest absolute Gasteiger partial charge is 0.481 e. The second-order valence-electron chi connectivity index (χ2n) is 3.98. The van der Waals surface area contributed by atoms with Crippen molar-refractivity contribution in [3.63, 3.8) is 0 Å². The fourth-order valence-corrected chi connectivity index (χ4v) is 3.31. The zero-order valence-corrected chi connectivity index (χ0v) is 11.5. The first-order chi connectivity index (χ1) is 8.25. The summed E-state index contributed by atoms with van der Waals surface area (Å²) >= 11 is 5.86. The molecule has 0 spiro atoms. The minimum Gasteiger partial charge on any atom is -0.481 e. The van der Waals surface area contributed by atoms with Gasteiger partial charge in [-0.1, -0.05) is 30.7 Å². The summed E-state index contributed by atoms with van der Waals surface area (Å²) < 4.78 is 26.3. The van der Waals surface area contributed by atoms with Crippen LogP contribution in [-0.2, 0) is 14.8 Å². The van der Waals surface area contributed by atoms with Crippen LogP contribution in [0.25, 0.3) is 0 Å². The number of carbonyl (C=O) groups is 1. The number of hydrogen-bond donors (Lipinski definition) is 2. The molecule has 1 aromatic rings. The van der Waals surface area contributed by atoms with Crippen molar-refractivity contribution in [1.29, 1.82) is 0 Å². The summed E-state index contributed by atoms with van der Waals surface area (Å²) in [5.74, 6) is -1.86. The molecule has 0 saturated heterocycles. The standard InChI is InChI=1S/C11H14ClNO4S/c1-7-4-3-5-9(12)10(7)18(16,17)13-6-8(2)11(14)15/h3-5,8,13H,6H2,1-2H3,(H,14,15). The second-order valence-corrected chi connectivity index (χ2v) is 6.09. The Bertz CT molecular complexity index is 536. The lowest BCUT2D eigenvalue weighted by molar-refractivity contribution is -0.140. The Hall–Kier alpha value is -1.11. The van der Waals surface area contributed by atoms with Gasteiger partial charge >= 0.3 is 5.97 Å². The Morgan fingerprint density at radius 2 is 2.11 bits per heavy atom. The zero-order valence-electron chi connectivity index (χ0n) is 9.97. The molecule has 0 saturated carbocycles. The van der Waals surface area contributed by atoms with E-state index in [2.05, 4.69) is 4.72 Å². The van der Waals surface area contributed by atoms with E-state index >= 15 is 0 Å². The number of aryl methyl sites for hydroxylation is 1. The highest BCUT2D eigenvalue weighted by molar-refractivity contribution is 7.89. The Morgan fingerprint density at radius 1 is 1.50 bits per heavy atom. The van der Waals surface area contributed by atoms with Crippen molar-refractivity contribution < 1.29 is 18.3 Å². The summed E-state index contributed by atoms with van der Waals surface area (Å²) in [6, 6.07) is 4.75. The summed E-state index contributed by atoms with van der Waals surface area (Å²) in [6.07, 6.45) is 0. The second kappa shape index (κ2) is 5.69. The van der Waals surface area contributed by atoms with E-state index in [4.69, 9.17) is 16.7 Å². The molecule has 7 heteroatoms. The van der Waals surface area contributed by atoms with Crippen molar-refractivity contribution in [2.24, 2.45) is 5.92 Å². The van der Waals surface area contributed by atoms with Gasteiger partial charge < -0.3 is 5.11 Å². The van der Waals surface area contributed by atoms with Crippen LogP contribution in [0.5, 0.6) is 0 Å². The molecule has 0 radical (unpaired) electrons. The number of halogens is 1. The predicted octanol–water partition coefficient (Wildman–Crippen LogP) is 1.65. The Kier molecular flexibility index (Phi) is 4.72. The van der Waals surface area contributed by atoms with Gasteiger partial charge in [0, 0.05) is 6.54 Å².